The summed E-state index contributed by atoms with van der Waals surface area (Å²) in [5, 5.41) is 2.94. The van der Waals surface area contributed by atoms with E-state index in [2.05, 4.69) is 32.5 Å². The second-order valence-electron chi connectivity index (χ2n) is 4.83. The Bertz CT molecular complexity index is 204. The van der Waals surface area contributed by atoms with Gasteiger partial charge in [0.25, 0.3) is 0 Å². The molecular formula is C12H25N2O+. The highest BCUT2D eigenvalue weighted by Crippen LogP contribution is 1.96. The van der Waals surface area contributed by atoms with Crippen LogP contribution in [0.5, 0.6) is 0 Å². The summed E-state index contributed by atoms with van der Waals surface area (Å²) >= 11 is 0. The van der Waals surface area contributed by atoms with Gasteiger partial charge in [0.1, 0.15) is 0 Å². The van der Waals surface area contributed by atoms with Crippen LogP contribution in [0, 0.1) is 0 Å². The lowest BCUT2D eigenvalue weighted by Crippen LogP contribution is -2.41. The lowest BCUT2D eigenvalue weighted by atomic mass is 10.2. The molecule has 0 aromatic carbocycles. The third kappa shape index (κ3) is 11.1. The molecule has 0 saturated heterocycles. The highest BCUT2D eigenvalue weighted by molar-refractivity contribution is 5.75. The van der Waals surface area contributed by atoms with Crippen LogP contribution in [-0.2, 0) is 4.79 Å². The molecule has 0 spiro atoms. The van der Waals surface area contributed by atoms with Gasteiger partial charge in [-0.3, -0.25) is 4.79 Å². The van der Waals surface area contributed by atoms with Gasteiger partial charge in [0, 0.05) is 6.42 Å². The number of hydrogen-bond acceptors (Lipinski definition) is 1. The van der Waals surface area contributed by atoms with Crippen LogP contribution in [0.4, 0.5) is 0 Å². The fourth-order valence-electron chi connectivity index (χ4n) is 1.17. The third-order valence-electron chi connectivity index (χ3n) is 2.12. The van der Waals surface area contributed by atoms with Crippen LogP contribution in [0.2, 0.25) is 0 Å². The standard InChI is InChI=1S/C12H24N2O/c1-5-6-7-8-9-12(15)13-10-11-14(2,3)4/h5-6H,7-11H2,1-4H3/p+1/b6-5+. The van der Waals surface area contributed by atoms with Crippen LogP contribution in [0.1, 0.15) is 26.2 Å². The normalized spacial score (nSPS) is 12.0. The van der Waals surface area contributed by atoms with Crippen LogP contribution >= 0.6 is 0 Å². The summed E-state index contributed by atoms with van der Waals surface area (Å²) < 4.78 is 0.888. The topological polar surface area (TPSA) is 29.1 Å². The number of carbonyl (C=O) groups excluding carboxylic acids is 1. The lowest BCUT2D eigenvalue weighted by molar-refractivity contribution is -0.869. The first kappa shape index (κ1) is 14.2. The van der Waals surface area contributed by atoms with E-state index >= 15 is 0 Å². The number of rotatable bonds is 7. The van der Waals surface area contributed by atoms with E-state index in [9.17, 15) is 4.79 Å². The number of allylic oxidation sites excluding steroid dienone is 2. The van der Waals surface area contributed by atoms with E-state index < -0.39 is 0 Å². The van der Waals surface area contributed by atoms with Gasteiger partial charge in [-0.1, -0.05) is 12.2 Å². The van der Waals surface area contributed by atoms with E-state index in [1.165, 1.54) is 0 Å². The number of carbonyl (C=O) groups is 1. The Balaban J connectivity index is 3.42. The van der Waals surface area contributed by atoms with Crippen LogP contribution in [0.15, 0.2) is 12.2 Å². The van der Waals surface area contributed by atoms with Crippen molar-refractivity contribution in [2.24, 2.45) is 0 Å². The van der Waals surface area contributed by atoms with Gasteiger partial charge >= 0.3 is 0 Å². The number of quaternary nitrogens is 1. The van der Waals surface area contributed by atoms with Crippen LogP contribution in [0.25, 0.3) is 0 Å². The van der Waals surface area contributed by atoms with Crippen LogP contribution < -0.4 is 5.32 Å². The number of amides is 1. The molecule has 0 radical (unpaired) electrons. The molecule has 0 saturated carbocycles. The Labute approximate surface area is 93.7 Å². The summed E-state index contributed by atoms with van der Waals surface area (Å²) in [6, 6.07) is 0. The van der Waals surface area contributed by atoms with E-state index in [1.54, 1.807) is 0 Å². The van der Waals surface area contributed by atoms with Crippen molar-refractivity contribution < 1.29 is 9.28 Å². The van der Waals surface area contributed by atoms with Gasteiger partial charge in [-0.05, 0) is 19.8 Å². The van der Waals surface area contributed by atoms with Crippen molar-refractivity contribution >= 4 is 5.91 Å². The first-order valence-electron chi connectivity index (χ1n) is 5.64. The molecule has 0 heterocycles. The van der Waals surface area contributed by atoms with Gasteiger partial charge in [-0.25, -0.2) is 0 Å². The fraction of sp³-hybridized carbons (Fsp3) is 0.750. The maximum atomic E-state index is 11.3. The molecule has 0 fully saturated rings. The highest BCUT2D eigenvalue weighted by atomic mass is 16.1. The SMILES string of the molecule is C/C=C/CCCC(=O)NCC[N+](C)(C)C. The van der Waals surface area contributed by atoms with Crippen molar-refractivity contribution in [3.05, 3.63) is 12.2 Å². The first-order chi connectivity index (χ1) is 6.95. The molecule has 0 aromatic heterocycles. The van der Waals surface area contributed by atoms with E-state index in [0.29, 0.717) is 6.42 Å². The molecule has 88 valence electrons. The van der Waals surface area contributed by atoms with E-state index in [0.717, 1.165) is 30.4 Å². The van der Waals surface area contributed by atoms with Crippen LogP contribution in [-0.4, -0.2) is 44.6 Å². The molecule has 0 rings (SSSR count). The van der Waals surface area contributed by atoms with Crippen molar-refractivity contribution in [3.63, 3.8) is 0 Å². The average molecular weight is 213 g/mol. The van der Waals surface area contributed by atoms with Gasteiger partial charge in [0.2, 0.25) is 5.91 Å². The molecule has 0 aliphatic rings. The van der Waals surface area contributed by atoms with Crippen molar-refractivity contribution in [1.82, 2.24) is 5.32 Å². The predicted octanol–water partition coefficient (Wildman–Crippen LogP) is 1.56. The molecule has 0 bridgehead atoms. The van der Waals surface area contributed by atoms with Gasteiger partial charge in [0.15, 0.2) is 0 Å². The number of hydrogen-bond donors (Lipinski definition) is 1. The van der Waals surface area contributed by atoms with E-state index in [-0.39, 0.29) is 5.91 Å². The quantitative estimate of drug-likeness (QED) is 0.388. The fourth-order valence-corrected chi connectivity index (χ4v) is 1.17. The Morgan fingerprint density at radius 2 is 2.00 bits per heavy atom. The minimum Gasteiger partial charge on any atom is -0.350 e. The largest absolute Gasteiger partial charge is 0.350 e. The Kier molecular flexibility index (Phi) is 7.05. The lowest BCUT2D eigenvalue weighted by Gasteiger charge is -2.23. The zero-order valence-corrected chi connectivity index (χ0v) is 10.5. The second kappa shape index (κ2) is 7.46. The van der Waals surface area contributed by atoms with Crippen molar-refractivity contribution in [1.29, 1.82) is 0 Å². The number of nitrogens with zero attached hydrogens (tertiary/aromatic N) is 1. The minimum absolute atomic E-state index is 0.174. The molecule has 15 heavy (non-hydrogen) atoms. The summed E-state index contributed by atoms with van der Waals surface area (Å²) in [6.07, 6.45) is 6.70. The second-order valence-corrected chi connectivity index (χ2v) is 4.83. The Morgan fingerprint density at radius 1 is 1.33 bits per heavy atom. The maximum absolute atomic E-state index is 11.3. The molecule has 3 nitrogen and oxygen atoms in total. The zero-order valence-electron chi connectivity index (χ0n) is 10.5. The van der Waals surface area contributed by atoms with Gasteiger partial charge < -0.3 is 9.80 Å². The minimum atomic E-state index is 0.174. The highest BCUT2D eigenvalue weighted by Gasteiger charge is 2.07. The Hall–Kier alpha value is -0.830. The number of nitrogens with one attached hydrogen (secondary N) is 1. The molecule has 0 unspecified atom stereocenters. The summed E-state index contributed by atoms with van der Waals surface area (Å²) in [6.45, 7) is 3.74. The molecule has 0 aliphatic heterocycles. The van der Waals surface area contributed by atoms with Gasteiger partial charge in [-0.15, -0.1) is 0 Å². The maximum Gasteiger partial charge on any atom is 0.220 e. The number of unbranched alkanes of at least 4 members (excludes halogenated alkanes) is 1. The Morgan fingerprint density at radius 3 is 2.53 bits per heavy atom. The van der Waals surface area contributed by atoms with Crippen LogP contribution in [0.3, 0.4) is 0 Å². The third-order valence-corrected chi connectivity index (χ3v) is 2.12. The molecule has 0 atom stereocenters. The summed E-state index contributed by atoms with van der Waals surface area (Å²) in [7, 11) is 6.37. The zero-order chi connectivity index (χ0) is 11.7. The van der Waals surface area contributed by atoms with Crippen molar-refractivity contribution in [3.8, 4) is 0 Å². The van der Waals surface area contributed by atoms with Crippen molar-refractivity contribution in [2.45, 2.75) is 26.2 Å². The van der Waals surface area contributed by atoms with Gasteiger partial charge in [0.05, 0.1) is 34.2 Å². The smallest absolute Gasteiger partial charge is 0.220 e. The van der Waals surface area contributed by atoms with Gasteiger partial charge in [-0.2, -0.15) is 0 Å². The summed E-state index contributed by atoms with van der Waals surface area (Å²) in [4.78, 5) is 11.3. The van der Waals surface area contributed by atoms with E-state index in [4.69, 9.17) is 0 Å². The van der Waals surface area contributed by atoms with Crippen molar-refractivity contribution in [2.75, 3.05) is 34.2 Å². The molecule has 0 aromatic rings. The average Bonchev–Trinajstić information content (AvgIpc) is 2.10. The number of likely N-dealkylation sites (N-methyl/N-ethyl adjacent to an activating group) is 1. The summed E-state index contributed by atoms with van der Waals surface area (Å²) in [5.74, 6) is 0.174. The molecule has 3 heteroatoms. The van der Waals surface area contributed by atoms with E-state index in [1.807, 2.05) is 13.0 Å². The monoisotopic (exact) mass is 213 g/mol. The molecule has 0 aliphatic carbocycles. The molecular weight excluding hydrogens is 188 g/mol. The molecule has 1 amide bonds. The first-order valence-corrected chi connectivity index (χ1v) is 5.64. The summed E-state index contributed by atoms with van der Waals surface area (Å²) in [5.41, 5.74) is 0. The molecule has 1 N–H and O–H groups in total. The predicted molar refractivity (Wildman–Crippen MR) is 64.6 cm³/mol.